The lowest BCUT2D eigenvalue weighted by atomic mass is 9.98. The Labute approximate surface area is 222 Å². The summed E-state index contributed by atoms with van der Waals surface area (Å²) in [6.45, 7) is 2.53. The van der Waals surface area contributed by atoms with Crippen molar-refractivity contribution in [2.75, 3.05) is 26.7 Å². The van der Waals surface area contributed by atoms with Gasteiger partial charge >= 0.3 is 12.1 Å². The Bertz CT molecular complexity index is 1230. The maximum atomic E-state index is 12.7. The highest BCUT2D eigenvalue weighted by molar-refractivity contribution is 5.85. The fourth-order valence-corrected chi connectivity index (χ4v) is 4.75. The van der Waals surface area contributed by atoms with Gasteiger partial charge in [-0.25, -0.2) is 9.59 Å². The molecule has 4 rings (SSSR count). The Morgan fingerprint density at radius 3 is 2.11 bits per heavy atom. The highest BCUT2D eigenvalue weighted by Crippen LogP contribution is 2.44. The molecule has 1 aliphatic rings. The second-order valence-electron chi connectivity index (χ2n) is 9.69. The summed E-state index contributed by atoms with van der Waals surface area (Å²) in [6, 6.07) is 24.8. The molecule has 3 N–H and O–H groups in total. The number of carbonyl (C=O) groups is 3. The first kappa shape index (κ1) is 26.9. The quantitative estimate of drug-likeness (QED) is 0.358. The van der Waals surface area contributed by atoms with E-state index in [-0.39, 0.29) is 25.6 Å². The van der Waals surface area contributed by atoms with Crippen molar-refractivity contribution in [3.63, 3.8) is 0 Å². The Balaban J connectivity index is 1.25. The summed E-state index contributed by atoms with van der Waals surface area (Å²) < 4.78 is 5.52. The van der Waals surface area contributed by atoms with Gasteiger partial charge in [0.25, 0.3) is 0 Å². The van der Waals surface area contributed by atoms with Gasteiger partial charge in [0.05, 0.1) is 5.92 Å². The molecule has 0 spiro atoms. The van der Waals surface area contributed by atoms with Gasteiger partial charge in [0, 0.05) is 25.6 Å². The lowest BCUT2D eigenvalue weighted by Gasteiger charge is -2.23. The van der Waals surface area contributed by atoms with Crippen LogP contribution in [-0.4, -0.2) is 60.8 Å². The first-order chi connectivity index (χ1) is 18.3. The van der Waals surface area contributed by atoms with E-state index in [2.05, 4.69) is 22.8 Å². The molecule has 3 aromatic rings. The van der Waals surface area contributed by atoms with E-state index in [9.17, 15) is 19.5 Å². The van der Waals surface area contributed by atoms with Crippen molar-refractivity contribution in [3.8, 4) is 11.1 Å². The summed E-state index contributed by atoms with van der Waals surface area (Å²) in [5.41, 5.74) is 5.57. The highest BCUT2D eigenvalue weighted by atomic mass is 16.5. The van der Waals surface area contributed by atoms with E-state index in [0.717, 1.165) is 27.8 Å². The van der Waals surface area contributed by atoms with E-state index < -0.39 is 29.9 Å². The van der Waals surface area contributed by atoms with Crippen molar-refractivity contribution in [2.45, 2.75) is 25.4 Å². The van der Waals surface area contributed by atoms with Crippen molar-refractivity contribution < 1.29 is 24.2 Å². The number of hydrogen-bond donors (Lipinski definition) is 3. The fourth-order valence-electron chi connectivity index (χ4n) is 4.75. The number of carboxylic acids is 1. The molecule has 0 saturated carbocycles. The van der Waals surface area contributed by atoms with E-state index in [1.165, 1.54) is 0 Å². The number of likely N-dealkylation sites (N-methyl/N-ethyl adjacent to an activating group) is 1. The Hall–Kier alpha value is -4.17. The van der Waals surface area contributed by atoms with Crippen LogP contribution >= 0.6 is 0 Å². The maximum Gasteiger partial charge on any atom is 0.407 e. The van der Waals surface area contributed by atoms with Crippen LogP contribution in [0.4, 0.5) is 4.79 Å². The molecule has 0 heterocycles. The maximum absolute atomic E-state index is 12.7. The van der Waals surface area contributed by atoms with Crippen LogP contribution < -0.4 is 10.6 Å². The van der Waals surface area contributed by atoms with Crippen LogP contribution in [0.3, 0.4) is 0 Å². The number of ether oxygens (including phenoxy) is 1. The molecule has 0 radical (unpaired) electrons. The van der Waals surface area contributed by atoms with Crippen LogP contribution in [0.2, 0.25) is 0 Å². The average molecular weight is 516 g/mol. The SMILES string of the molecule is CC(CNC(=O)OCC1c2ccccc2-c2ccccc21)C(=O)NC(CN(C)Cc1ccccc1)C(=O)O. The minimum atomic E-state index is -1.12. The number of nitrogens with one attached hydrogen (secondary N) is 2. The molecule has 0 bridgehead atoms. The van der Waals surface area contributed by atoms with Crippen LogP contribution in [0.5, 0.6) is 0 Å². The van der Waals surface area contributed by atoms with Crippen LogP contribution in [0.25, 0.3) is 11.1 Å². The summed E-state index contributed by atoms with van der Waals surface area (Å²) in [5.74, 6) is -2.27. The molecule has 0 aromatic heterocycles. The van der Waals surface area contributed by atoms with Crippen LogP contribution in [0, 0.1) is 5.92 Å². The number of amides is 2. The van der Waals surface area contributed by atoms with Crippen molar-refractivity contribution in [1.82, 2.24) is 15.5 Å². The molecule has 38 heavy (non-hydrogen) atoms. The average Bonchev–Trinajstić information content (AvgIpc) is 3.24. The molecule has 0 aliphatic heterocycles. The monoisotopic (exact) mass is 515 g/mol. The Morgan fingerprint density at radius 1 is 0.921 bits per heavy atom. The summed E-state index contributed by atoms with van der Waals surface area (Å²) in [5, 5.41) is 14.8. The van der Waals surface area contributed by atoms with Gasteiger partial charge in [-0.05, 0) is 34.9 Å². The van der Waals surface area contributed by atoms with Gasteiger partial charge in [0.1, 0.15) is 12.6 Å². The zero-order valence-electron chi connectivity index (χ0n) is 21.6. The van der Waals surface area contributed by atoms with Gasteiger partial charge in [-0.3, -0.25) is 9.69 Å². The van der Waals surface area contributed by atoms with Crippen molar-refractivity contribution in [2.24, 2.45) is 5.92 Å². The normalized spacial score (nSPS) is 13.8. The predicted octanol–water partition coefficient (Wildman–Crippen LogP) is 3.86. The minimum Gasteiger partial charge on any atom is -0.480 e. The van der Waals surface area contributed by atoms with E-state index in [1.807, 2.05) is 71.6 Å². The summed E-state index contributed by atoms with van der Waals surface area (Å²) >= 11 is 0. The largest absolute Gasteiger partial charge is 0.480 e. The number of fused-ring (bicyclic) bond motifs is 3. The van der Waals surface area contributed by atoms with Crippen LogP contribution in [0.15, 0.2) is 78.9 Å². The number of carbonyl (C=O) groups excluding carboxylic acids is 2. The number of hydrogen-bond acceptors (Lipinski definition) is 5. The Kier molecular flexibility index (Phi) is 8.76. The zero-order valence-corrected chi connectivity index (χ0v) is 21.6. The van der Waals surface area contributed by atoms with Crippen LogP contribution in [-0.2, 0) is 20.9 Å². The molecule has 2 amide bonds. The molecule has 0 saturated heterocycles. The molecular weight excluding hydrogens is 482 g/mol. The fraction of sp³-hybridized carbons (Fsp3) is 0.300. The topological polar surface area (TPSA) is 108 Å². The molecule has 0 fully saturated rings. The molecular formula is C30H33N3O5. The smallest absolute Gasteiger partial charge is 0.407 e. The highest BCUT2D eigenvalue weighted by Gasteiger charge is 2.29. The van der Waals surface area contributed by atoms with Gasteiger partial charge in [0.15, 0.2) is 0 Å². The Morgan fingerprint density at radius 2 is 1.50 bits per heavy atom. The molecule has 1 aliphatic carbocycles. The minimum absolute atomic E-state index is 0.0225. The first-order valence-corrected chi connectivity index (χ1v) is 12.7. The van der Waals surface area contributed by atoms with Crippen LogP contribution in [0.1, 0.15) is 29.5 Å². The number of carboxylic acid groups (broad SMARTS) is 1. The molecule has 2 unspecified atom stereocenters. The lowest BCUT2D eigenvalue weighted by Crippen LogP contribution is -2.50. The third-order valence-corrected chi connectivity index (χ3v) is 6.75. The standard InChI is InChI=1S/C30H33N3O5/c1-20(28(34)32-27(29(35)36)18-33(2)17-21-10-4-3-5-11-21)16-31-30(37)38-19-26-24-14-8-6-12-22(24)23-13-7-9-15-25(23)26/h3-15,20,26-27H,16-19H2,1-2H3,(H,31,37)(H,32,34)(H,35,36). The molecule has 198 valence electrons. The molecule has 8 heteroatoms. The summed E-state index contributed by atoms with van der Waals surface area (Å²) in [7, 11) is 1.80. The van der Waals surface area contributed by atoms with Crippen molar-refractivity contribution in [1.29, 1.82) is 0 Å². The summed E-state index contributed by atoms with van der Waals surface area (Å²) in [4.78, 5) is 38.7. The molecule has 8 nitrogen and oxygen atoms in total. The van der Waals surface area contributed by atoms with Gasteiger partial charge in [-0.15, -0.1) is 0 Å². The summed E-state index contributed by atoms with van der Waals surface area (Å²) in [6.07, 6.45) is -0.621. The van der Waals surface area contributed by atoms with Gasteiger partial charge in [-0.2, -0.15) is 0 Å². The zero-order chi connectivity index (χ0) is 27.1. The third kappa shape index (κ3) is 6.58. The van der Waals surface area contributed by atoms with Gasteiger partial charge in [0.2, 0.25) is 5.91 Å². The van der Waals surface area contributed by atoms with Gasteiger partial charge in [-0.1, -0.05) is 85.8 Å². The molecule has 2 atom stereocenters. The second-order valence-corrected chi connectivity index (χ2v) is 9.69. The molecule has 3 aromatic carbocycles. The predicted molar refractivity (Wildman–Crippen MR) is 145 cm³/mol. The number of nitrogens with zero attached hydrogens (tertiary/aromatic N) is 1. The van der Waals surface area contributed by atoms with E-state index >= 15 is 0 Å². The van der Waals surface area contributed by atoms with E-state index in [4.69, 9.17) is 4.74 Å². The van der Waals surface area contributed by atoms with E-state index in [1.54, 1.807) is 14.0 Å². The number of aliphatic carboxylic acids is 1. The van der Waals surface area contributed by atoms with Gasteiger partial charge < -0.3 is 20.5 Å². The van der Waals surface area contributed by atoms with E-state index in [0.29, 0.717) is 6.54 Å². The third-order valence-electron chi connectivity index (χ3n) is 6.75. The second kappa shape index (κ2) is 12.4. The number of benzene rings is 3. The first-order valence-electron chi connectivity index (χ1n) is 12.7. The van der Waals surface area contributed by atoms with Crippen molar-refractivity contribution in [3.05, 3.63) is 95.6 Å². The number of alkyl carbamates (subject to hydrolysis) is 1. The van der Waals surface area contributed by atoms with Crippen molar-refractivity contribution >= 4 is 18.0 Å². The number of rotatable bonds is 11. The lowest BCUT2D eigenvalue weighted by molar-refractivity contribution is -0.142.